The standard InChI is InChI=1S/C13H10Cl2N2O/c14-11-7-6-10(12(15)17-11)13(18)16-8-9-4-2-1-3-5-9/h1-7H,8H2,(H,16,18). The van der Waals surface area contributed by atoms with Gasteiger partial charge in [-0.3, -0.25) is 4.79 Å². The molecule has 0 aliphatic heterocycles. The van der Waals surface area contributed by atoms with E-state index < -0.39 is 0 Å². The van der Waals surface area contributed by atoms with E-state index in [0.29, 0.717) is 12.1 Å². The smallest absolute Gasteiger partial charge is 0.254 e. The molecule has 0 atom stereocenters. The molecule has 0 aliphatic rings. The summed E-state index contributed by atoms with van der Waals surface area (Å²) in [6.45, 7) is 0.443. The summed E-state index contributed by atoms with van der Waals surface area (Å²) in [5, 5.41) is 3.14. The molecule has 1 aromatic carbocycles. The number of benzene rings is 1. The van der Waals surface area contributed by atoms with E-state index in [1.807, 2.05) is 30.3 Å². The molecule has 5 heteroatoms. The maximum absolute atomic E-state index is 11.9. The zero-order chi connectivity index (χ0) is 13.0. The number of amides is 1. The molecule has 0 saturated carbocycles. The second kappa shape index (κ2) is 5.85. The van der Waals surface area contributed by atoms with Crippen molar-refractivity contribution in [2.24, 2.45) is 0 Å². The maximum Gasteiger partial charge on any atom is 0.254 e. The molecule has 18 heavy (non-hydrogen) atoms. The molecule has 1 amide bonds. The summed E-state index contributed by atoms with van der Waals surface area (Å²) in [7, 11) is 0. The molecule has 3 nitrogen and oxygen atoms in total. The minimum atomic E-state index is -0.270. The van der Waals surface area contributed by atoms with Crippen LogP contribution in [0.3, 0.4) is 0 Å². The Morgan fingerprint density at radius 3 is 2.50 bits per heavy atom. The van der Waals surface area contributed by atoms with E-state index >= 15 is 0 Å². The average molecular weight is 281 g/mol. The molecule has 0 unspecified atom stereocenters. The van der Waals surface area contributed by atoms with Crippen LogP contribution in [0.15, 0.2) is 42.5 Å². The largest absolute Gasteiger partial charge is 0.348 e. The molecule has 0 spiro atoms. The van der Waals surface area contributed by atoms with Crippen LogP contribution in [0.2, 0.25) is 10.3 Å². The van der Waals surface area contributed by atoms with Crippen LogP contribution in [0, 0.1) is 0 Å². The molecule has 1 heterocycles. The summed E-state index contributed by atoms with van der Waals surface area (Å²) in [6.07, 6.45) is 0. The van der Waals surface area contributed by atoms with Crippen LogP contribution in [-0.2, 0) is 6.54 Å². The summed E-state index contributed by atoms with van der Waals surface area (Å²) in [4.78, 5) is 15.7. The number of hydrogen-bond donors (Lipinski definition) is 1. The number of aromatic nitrogens is 1. The van der Waals surface area contributed by atoms with Gasteiger partial charge in [0.2, 0.25) is 0 Å². The van der Waals surface area contributed by atoms with Gasteiger partial charge >= 0.3 is 0 Å². The van der Waals surface area contributed by atoms with E-state index in [-0.39, 0.29) is 16.2 Å². The van der Waals surface area contributed by atoms with E-state index in [1.54, 1.807) is 6.07 Å². The third-order valence-electron chi connectivity index (χ3n) is 2.36. The first-order valence-corrected chi connectivity index (χ1v) is 6.06. The number of nitrogens with zero attached hydrogens (tertiary/aromatic N) is 1. The van der Waals surface area contributed by atoms with E-state index in [4.69, 9.17) is 23.2 Å². The molecular formula is C13H10Cl2N2O. The third-order valence-corrected chi connectivity index (χ3v) is 2.85. The molecule has 1 N–H and O–H groups in total. The zero-order valence-corrected chi connectivity index (χ0v) is 10.9. The second-order valence-electron chi connectivity index (χ2n) is 3.64. The van der Waals surface area contributed by atoms with E-state index in [9.17, 15) is 4.79 Å². The molecule has 2 rings (SSSR count). The number of rotatable bonds is 3. The van der Waals surface area contributed by atoms with Crippen molar-refractivity contribution < 1.29 is 4.79 Å². The monoisotopic (exact) mass is 280 g/mol. The minimum Gasteiger partial charge on any atom is -0.348 e. The highest BCUT2D eigenvalue weighted by molar-refractivity contribution is 6.34. The quantitative estimate of drug-likeness (QED) is 0.877. The van der Waals surface area contributed by atoms with Crippen LogP contribution in [0.4, 0.5) is 0 Å². The van der Waals surface area contributed by atoms with Crippen LogP contribution < -0.4 is 5.32 Å². The van der Waals surface area contributed by atoms with Gasteiger partial charge in [-0.15, -0.1) is 0 Å². The summed E-state index contributed by atoms with van der Waals surface area (Å²) in [5.41, 5.74) is 1.33. The molecule has 0 fully saturated rings. The second-order valence-corrected chi connectivity index (χ2v) is 4.39. The molecule has 0 saturated heterocycles. The molecule has 1 aromatic heterocycles. The Hall–Kier alpha value is -1.58. The molecule has 0 radical (unpaired) electrons. The van der Waals surface area contributed by atoms with Gasteiger partial charge < -0.3 is 5.32 Å². The topological polar surface area (TPSA) is 42.0 Å². The zero-order valence-electron chi connectivity index (χ0n) is 9.36. The molecule has 0 bridgehead atoms. The highest BCUT2D eigenvalue weighted by Gasteiger charge is 2.11. The van der Waals surface area contributed by atoms with Crippen LogP contribution in [0.5, 0.6) is 0 Å². The van der Waals surface area contributed by atoms with Crippen molar-refractivity contribution in [3.05, 3.63) is 63.9 Å². The van der Waals surface area contributed by atoms with Crippen molar-refractivity contribution >= 4 is 29.1 Å². The highest BCUT2D eigenvalue weighted by atomic mass is 35.5. The van der Waals surface area contributed by atoms with E-state index in [0.717, 1.165) is 5.56 Å². The van der Waals surface area contributed by atoms with Crippen molar-refractivity contribution in [1.82, 2.24) is 10.3 Å². The Bertz CT molecular complexity index is 558. The lowest BCUT2D eigenvalue weighted by molar-refractivity contribution is 0.0950. The van der Waals surface area contributed by atoms with Crippen LogP contribution in [-0.4, -0.2) is 10.9 Å². The third kappa shape index (κ3) is 3.22. The SMILES string of the molecule is O=C(NCc1ccccc1)c1ccc(Cl)nc1Cl. The summed E-state index contributed by atoms with van der Waals surface area (Å²) in [6, 6.07) is 12.7. The Kier molecular flexibility index (Phi) is 4.18. The average Bonchev–Trinajstić information content (AvgIpc) is 2.37. The van der Waals surface area contributed by atoms with Gasteiger partial charge in [0.15, 0.2) is 0 Å². The van der Waals surface area contributed by atoms with Gasteiger partial charge in [0.1, 0.15) is 10.3 Å². The summed E-state index contributed by atoms with van der Waals surface area (Å²) < 4.78 is 0. The number of hydrogen-bond acceptors (Lipinski definition) is 2. The Balaban J connectivity index is 2.04. The Morgan fingerprint density at radius 1 is 1.11 bits per heavy atom. The Morgan fingerprint density at radius 2 is 1.83 bits per heavy atom. The first kappa shape index (κ1) is 12.9. The molecule has 92 valence electrons. The van der Waals surface area contributed by atoms with Crippen molar-refractivity contribution in [3.63, 3.8) is 0 Å². The van der Waals surface area contributed by atoms with Gasteiger partial charge in [0, 0.05) is 6.54 Å². The van der Waals surface area contributed by atoms with Gasteiger partial charge in [-0.2, -0.15) is 0 Å². The van der Waals surface area contributed by atoms with Crippen molar-refractivity contribution in [2.45, 2.75) is 6.54 Å². The van der Waals surface area contributed by atoms with Crippen molar-refractivity contribution in [3.8, 4) is 0 Å². The number of nitrogens with one attached hydrogen (secondary N) is 1. The number of carbonyl (C=O) groups excluding carboxylic acids is 1. The van der Waals surface area contributed by atoms with E-state index in [1.165, 1.54) is 6.07 Å². The van der Waals surface area contributed by atoms with Crippen molar-refractivity contribution in [2.75, 3.05) is 0 Å². The maximum atomic E-state index is 11.9. The van der Waals surface area contributed by atoms with Gasteiger partial charge in [0.25, 0.3) is 5.91 Å². The summed E-state index contributed by atoms with van der Waals surface area (Å²) >= 11 is 11.5. The number of carbonyl (C=O) groups is 1. The lowest BCUT2D eigenvalue weighted by atomic mass is 10.2. The molecular weight excluding hydrogens is 271 g/mol. The van der Waals surface area contributed by atoms with Crippen LogP contribution in [0.1, 0.15) is 15.9 Å². The highest BCUT2D eigenvalue weighted by Crippen LogP contribution is 2.16. The predicted octanol–water partition coefficient (Wildman–Crippen LogP) is 3.32. The van der Waals surface area contributed by atoms with Gasteiger partial charge in [-0.1, -0.05) is 53.5 Å². The fourth-order valence-electron chi connectivity index (χ4n) is 1.45. The number of pyridine rings is 1. The normalized spacial score (nSPS) is 10.1. The summed E-state index contributed by atoms with van der Waals surface area (Å²) in [5.74, 6) is -0.270. The molecule has 0 aliphatic carbocycles. The first-order chi connectivity index (χ1) is 8.66. The Labute approximate surface area is 115 Å². The van der Waals surface area contributed by atoms with Gasteiger partial charge in [0.05, 0.1) is 5.56 Å². The fourth-order valence-corrected chi connectivity index (χ4v) is 1.89. The van der Waals surface area contributed by atoms with Crippen molar-refractivity contribution in [1.29, 1.82) is 0 Å². The lowest BCUT2D eigenvalue weighted by Gasteiger charge is -2.06. The lowest BCUT2D eigenvalue weighted by Crippen LogP contribution is -2.23. The fraction of sp³-hybridized carbons (Fsp3) is 0.0769. The first-order valence-electron chi connectivity index (χ1n) is 5.31. The predicted molar refractivity (Wildman–Crippen MR) is 71.9 cm³/mol. The van der Waals surface area contributed by atoms with Gasteiger partial charge in [-0.25, -0.2) is 4.98 Å². The van der Waals surface area contributed by atoms with Crippen LogP contribution >= 0.6 is 23.2 Å². The number of halogens is 2. The van der Waals surface area contributed by atoms with Crippen LogP contribution in [0.25, 0.3) is 0 Å². The van der Waals surface area contributed by atoms with Gasteiger partial charge in [-0.05, 0) is 17.7 Å². The van der Waals surface area contributed by atoms with E-state index in [2.05, 4.69) is 10.3 Å². The minimum absolute atomic E-state index is 0.105. The molecule has 2 aromatic rings.